The van der Waals surface area contributed by atoms with Crippen molar-refractivity contribution in [1.29, 1.82) is 0 Å². The minimum Gasteiger partial charge on any atom is -0.383 e. The van der Waals surface area contributed by atoms with Gasteiger partial charge in [-0.2, -0.15) is 0 Å². The standard InChI is InChI=1S/C9H14N4/c1-2-13-4-3-7-8(5-13)11-6-12-9(7)10/h6H,2-5H2,1H3,(H2,10,11,12). The molecule has 0 saturated heterocycles. The summed E-state index contributed by atoms with van der Waals surface area (Å²) in [6.45, 7) is 5.22. The molecule has 13 heavy (non-hydrogen) atoms. The molecule has 2 rings (SSSR count). The minimum atomic E-state index is 0.653. The third-order valence-corrected chi connectivity index (χ3v) is 2.57. The van der Waals surface area contributed by atoms with E-state index in [0.29, 0.717) is 5.82 Å². The number of anilines is 1. The van der Waals surface area contributed by atoms with Crippen LogP contribution in [0, 0.1) is 0 Å². The number of fused-ring (bicyclic) bond motifs is 1. The summed E-state index contributed by atoms with van der Waals surface area (Å²) in [5.41, 5.74) is 8.00. The molecule has 0 aromatic carbocycles. The molecule has 0 unspecified atom stereocenters. The lowest BCUT2D eigenvalue weighted by Gasteiger charge is -2.26. The van der Waals surface area contributed by atoms with Gasteiger partial charge in [0.1, 0.15) is 12.1 Å². The third-order valence-electron chi connectivity index (χ3n) is 2.57. The number of nitrogens with zero attached hydrogens (tertiary/aromatic N) is 3. The maximum atomic E-state index is 5.76. The largest absolute Gasteiger partial charge is 0.383 e. The average molecular weight is 178 g/mol. The van der Waals surface area contributed by atoms with E-state index in [1.54, 1.807) is 6.33 Å². The predicted molar refractivity (Wildman–Crippen MR) is 51.1 cm³/mol. The van der Waals surface area contributed by atoms with E-state index in [4.69, 9.17) is 5.73 Å². The minimum absolute atomic E-state index is 0.653. The van der Waals surface area contributed by atoms with Crippen LogP contribution in [-0.4, -0.2) is 28.0 Å². The second-order valence-electron chi connectivity index (χ2n) is 3.30. The van der Waals surface area contributed by atoms with E-state index in [9.17, 15) is 0 Å². The molecule has 0 spiro atoms. The second kappa shape index (κ2) is 3.30. The first-order valence-electron chi connectivity index (χ1n) is 4.62. The summed E-state index contributed by atoms with van der Waals surface area (Å²) in [4.78, 5) is 10.6. The Morgan fingerprint density at radius 1 is 1.54 bits per heavy atom. The highest BCUT2D eigenvalue weighted by Gasteiger charge is 2.17. The number of nitrogens with two attached hydrogens (primary N) is 1. The average Bonchev–Trinajstić information content (AvgIpc) is 2.18. The van der Waals surface area contributed by atoms with E-state index < -0.39 is 0 Å². The molecular weight excluding hydrogens is 164 g/mol. The van der Waals surface area contributed by atoms with Crippen LogP contribution in [-0.2, 0) is 13.0 Å². The van der Waals surface area contributed by atoms with Crippen molar-refractivity contribution >= 4 is 5.82 Å². The molecule has 2 N–H and O–H groups in total. The first kappa shape index (κ1) is 8.44. The monoisotopic (exact) mass is 178 g/mol. The SMILES string of the molecule is CCN1CCc2c(N)ncnc2C1. The van der Waals surface area contributed by atoms with E-state index in [1.807, 2.05) is 0 Å². The molecule has 1 aliphatic heterocycles. The van der Waals surface area contributed by atoms with Gasteiger partial charge in [-0.3, -0.25) is 4.90 Å². The van der Waals surface area contributed by atoms with Crippen LogP contribution in [0.5, 0.6) is 0 Å². The molecule has 2 heterocycles. The summed E-state index contributed by atoms with van der Waals surface area (Å²) >= 11 is 0. The molecule has 1 aromatic rings. The second-order valence-corrected chi connectivity index (χ2v) is 3.30. The summed E-state index contributed by atoms with van der Waals surface area (Å²) in [6.07, 6.45) is 2.53. The highest BCUT2D eigenvalue weighted by molar-refractivity contribution is 5.42. The Kier molecular flexibility index (Phi) is 2.14. The van der Waals surface area contributed by atoms with E-state index in [1.165, 1.54) is 0 Å². The molecule has 0 atom stereocenters. The molecule has 0 fully saturated rings. The zero-order chi connectivity index (χ0) is 9.26. The van der Waals surface area contributed by atoms with E-state index in [0.717, 1.165) is 37.3 Å². The van der Waals surface area contributed by atoms with Crippen molar-refractivity contribution < 1.29 is 0 Å². The Hall–Kier alpha value is -1.16. The lowest BCUT2D eigenvalue weighted by Crippen LogP contribution is -2.31. The number of hydrogen-bond donors (Lipinski definition) is 1. The topological polar surface area (TPSA) is 55.0 Å². The molecule has 0 radical (unpaired) electrons. The van der Waals surface area contributed by atoms with Crippen molar-refractivity contribution in [2.24, 2.45) is 0 Å². The van der Waals surface area contributed by atoms with Gasteiger partial charge >= 0.3 is 0 Å². The maximum Gasteiger partial charge on any atom is 0.130 e. The van der Waals surface area contributed by atoms with E-state index in [-0.39, 0.29) is 0 Å². The predicted octanol–water partition coefficient (Wildman–Crippen LogP) is 0.437. The molecule has 1 aliphatic rings. The first-order valence-corrected chi connectivity index (χ1v) is 4.62. The number of nitrogen functional groups attached to an aromatic ring is 1. The fourth-order valence-corrected chi connectivity index (χ4v) is 1.70. The molecule has 1 aromatic heterocycles. The van der Waals surface area contributed by atoms with Gasteiger partial charge in [0.05, 0.1) is 5.69 Å². The van der Waals surface area contributed by atoms with Gasteiger partial charge in [0, 0.05) is 18.7 Å². The number of rotatable bonds is 1. The molecule has 0 amide bonds. The van der Waals surface area contributed by atoms with Crippen LogP contribution in [0.25, 0.3) is 0 Å². The van der Waals surface area contributed by atoms with Crippen molar-refractivity contribution in [1.82, 2.24) is 14.9 Å². The smallest absolute Gasteiger partial charge is 0.130 e. The Bertz CT molecular complexity index is 310. The third kappa shape index (κ3) is 1.49. The van der Waals surface area contributed by atoms with Crippen molar-refractivity contribution in [2.75, 3.05) is 18.8 Å². The van der Waals surface area contributed by atoms with Gasteiger partial charge in [-0.25, -0.2) is 9.97 Å². The zero-order valence-corrected chi connectivity index (χ0v) is 7.82. The Labute approximate surface area is 77.8 Å². The van der Waals surface area contributed by atoms with Crippen molar-refractivity contribution in [3.05, 3.63) is 17.6 Å². The van der Waals surface area contributed by atoms with Crippen LogP contribution in [0.2, 0.25) is 0 Å². The molecule has 4 nitrogen and oxygen atoms in total. The molecule has 0 saturated carbocycles. The number of likely N-dealkylation sites (N-methyl/N-ethyl adjacent to an activating group) is 1. The normalized spacial score (nSPS) is 17.0. The van der Waals surface area contributed by atoms with Gasteiger partial charge in [0.2, 0.25) is 0 Å². The van der Waals surface area contributed by atoms with Crippen molar-refractivity contribution in [3.8, 4) is 0 Å². The number of aromatic nitrogens is 2. The Morgan fingerprint density at radius 2 is 2.38 bits per heavy atom. The lowest BCUT2D eigenvalue weighted by atomic mass is 10.1. The summed E-state index contributed by atoms with van der Waals surface area (Å²) in [5.74, 6) is 0.653. The van der Waals surface area contributed by atoms with Crippen LogP contribution >= 0.6 is 0 Å². The summed E-state index contributed by atoms with van der Waals surface area (Å²) in [5, 5.41) is 0. The first-order chi connectivity index (χ1) is 6.31. The fraction of sp³-hybridized carbons (Fsp3) is 0.556. The summed E-state index contributed by atoms with van der Waals surface area (Å²) in [6, 6.07) is 0. The van der Waals surface area contributed by atoms with Gasteiger partial charge in [-0.1, -0.05) is 6.92 Å². The van der Waals surface area contributed by atoms with Crippen LogP contribution in [0.3, 0.4) is 0 Å². The van der Waals surface area contributed by atoms with Gasteiger partial charge in [0.15, 0.2) is 0 Å². The van der Waals surface area contributed by atoms with Gasteiger partial charge < -0.3 is 5.73 Å². The summed E-state index contributed by atoms with van der Waals surface area (Å²) < 4.78 is 0. The molecule has 4 heteroatoms. The molecule has 70 valence electrons. The fourth-order valence-electron chi connectivity index (χ4n) is 1.70. The van der Waals surface area contributed by atoms with Gasteiger partial charge in [-0.05, 0) is 13.0 Å². The maximum absolute atomic E-state index is 5.76. The van der Waals surface area contributed by atoms with Crippen molar-refractivity contribution in [3.63, 3.8) is 0 Å². The van der Waals surface area contributed by atoms with Crippen LogP contribution < -0.4 is 5.73 Å². The quantitative estimate of drug-likeness (QED) is 0.678. The molecule has 0 aliphatic carbocycles. The highest BCUT2D eigenvalue weighted by atomic mass is 15.1. The zero-order valence-electron chi connectivity index (χ0n) is 7.82. The van der Waals surface area contributed by atoms with Gasteiger partial charge in [-0.15, -0.1) is 0 Å². The van der Waals surface area contributed by atoms with Crippen LogP contribution in [0.4, 0.5) is 5.82 Å². The van der Waals surface area contributed by atoms with E-state index in [2.05, 4.69) is 21.8 Å². The van der Waals surface area contributed by atoms with Crippen LogP contribution in [0.15, 0.2) is 6.33 Å². The van der Waals surface area contributed by atoms with E-state index >= 15 is 0 Å². The Balaban J connectivity index is 2.31. The highest BCUT2D eigenvalue weighted by Crippen LogP contribution is 2.19. The molecular formula is C9H14N4. The lowest BCUT2D eigenvalue weighted by molar-refractivity contribution is 0.263. The van der Waals surface area contributed by atoms with Crippen LogP contribution in [0.1, 0.15) is 18.2 Å². The summed E-state index contributed by atoms with van der Waals surface area (Å²) in [7, 11) is 0. The van der Waals surface area contributed by atoms with Crippen molar-refractivity contribution in [2.45, 2.75) is 19.9 Å². The van der Waals surface area contributed by atoms with Gasteiger partial charge in [0.25, 0.3) is 0 Å². The molecule has 0 bridgehead atoms. The Morgan fingerprint density at radius 3 is 3.15 bits per heavy atom. The number of hydrogen-bond acceptors (Lipinski definition) is 4.